The molecule has 7 heteroatoms. The van der Waals surface area contributed by atoms with E-state index in [0.29, 0.717) is 13.0 Å². The Morgan fingerprint density at radius 1 is 1.50 bits per heavy atom. The molecule has 0 saturated heterocycles. The van der Waals surface area contributed by atoms with Gasteiger partial charge in [-0.05, 0) is 12.8 Å². The lowest BCUT2D eigenvalue weighted by Crippen LogP contribution is -2.45. The number of imidazole rings is 1. The highest BCUT2D eigenvalue weighted by molar-refractivity contribution is 5.82. The van der Waals surface area contributed by atoms with Gasteiger partial charge in [0.15, 0.2) is 0 Å². The molecule has 0 bridgehead atoms. The van der Waals surface area contributed by atoms with Crippen LogP contribution in [0.5, 0.6) is 0 Å². The SMILES string of the molecule is CCC(NC(=O)NCCCn1ccnc1)C(=O)O. The van der Waals surface area contributed by atoms with Gasteiger partial charge in [0.05, 0.1) is 6.33 Å². The molecule has 0 aromatic carbocycles. The largest absolute Gasteiger partial charge is 0.480 e. The van der Waals surface area contributed by atoms with Gasteiger partial charge in [0.25, 0.3) is 0 Å². The quantitative estimate of drug-likeness (QED) is 0.615. The van der Waals surface area contributed by atoms with Crippen molar-refractivity contribution in [3.8, 4) is 0 Å². The molecule has 0 aliphatic carbocycles. The molecule has 7 nitrogen and oxygen atoms in total. The van der Waals surface area contributed by atoms with Crippen LogP contribution in [0.2, 0.25) is 0 Å². The van der Waals surface area contributed by atoms with Crippen molar-refractivity contribution in [2.45, 2.75) is 32.4 Å². The van der Waals surface area contributed by atoms with Gasteiger partial charge in [-0.25, -0.2) is 14.6 Å². The fourth-order valence-corrected chi connectivity index (χ4v) is 1.43. The third kappa shape index (κ3) is 4.86. The molecule has 0 aliphatic rings. The molecule has 0 spiro atoms. The smallest absolute Gasteiger partial charge is 0.326 e. The number of carbonyl (C=O) groups excluding carboxylic acids is 1. The third-order valence-corrected chi connectivity index (χ3v) is 2.45. The zero-order chi connectivity index (χ0) is 13.4. The van der Waals surface area contributed by atoms with Gasteiger partial charge in [-0.3, -0.25) is 0 Å². The van der Waals surface area contributed by atoms with Gasteiger partial charge in [-0.15, -0.1) is 0 Å². The standard InChI is InChI=1S/C11H18N4O3/c1-2-9(10(16)17)14-11(18)13-4-3-6-15-7-5-12-8-15/h5,7-9H,2-4,6H2,1H3,(H,16,17)(H2,13,14,18). The minimum Gasteiger partial charge on any atom is -0.480 e. The van der Waals surface area contributed by atoms with Crippen molar-refractivity contribution in [3.63, 3.8) is 0 Å². The van der Waals surface area contributed by atoms with Crippen molar-refractivity contribution in [2.75, 3.05) is 6.54 Å². The highest BCUT2D eigenvalue weighted by Gasteiger charge is 2.16. The molecule has 1 rings (SSSR count). The number of aliphatic carboxylic acids is 1. The van der Waals surface area contributed by atoms with Crippen LogP contribution < -0.4 is 10.6 Å². The molecule has 0 saturated carbocycles. The molecule has 1 aromatic heterocycles. The first-order valence-electron chi connectivity index (χ1n) is 5.86. The van der Waals surface area contributed by atoms with Crippen LogP contribution in [0, 0.1) is 0 Å². The van der Waals surface area contributed by atoms with E-state index in [1.54, 1.807) is 19.4 Å². The summed E-state index contributed by atoms with van der Waals surface area (Å²) >= 11 is 0. The van der Waals surface area contributed by atoms with Gasteiger partial charge in [-0.2, -0.15) is 0 Å². The number of nitrogens with zero attached hydrogens (tertiary/aromatic N) is 2. The van der Waals surface area contributed by atoms with E-state index in [2.05, 4.69) is 15.6 Å². The summed E-state index contributed by atoms with van der Waals surface area (Å²) in [4.78, 5) is 26.0. The maximum absolute atomic E-state index is 11.4. The van der Waals surface area contributed by atoms with Crippen LogP contribution in [0.25, 0.3) is 0 Å². The fourth-order valence-electron chi connectivity index (χ4n) is 1.43. The number of amides is 2. The molecule has 0 fully saturated rings. The summed E-state index contributed by atoms with van der Waals surface area (Å²) < 4.78 is 1.91. The second-order valence-corrected chi connectivity index (χ2v) is 3.85. The summed E-state index contributed by atoms with van der Waals surface area (Å²) in [5.41, 5.74) is 0. The number of carbonyl (C=O) groups is 2. The number of rotatable bonds is 7. The average molecular weight is 254 g/mol. The van der Waals surface area contributed by atoms with E-state index in [1.165, 1.54) is 0 Å². The Kier molecular flexibility index (Phi) is 5.69. The second-order valence-electron chi connectivity index (χ2n) is 3.85. The highest BCUT2D eigenvalue weighted by atomic mass is 16.4. The van der Waals surface area contributed by atoms with Gasteiger partial charge in [0.1, 0.15) is 6.04 Å². The minimum absolute atomic E-state index is 0.359. The predicted octanol–water partition coefficient (Wildman–Crippen LogP) is 0.436. The lowest BCUT2D eigenvalue weighted by atomic mass is 10.2. The van der Waals surface area contributed by atoms with Gasteiger partial charge >= 0.3 is 12.0 Å². The molecule has 1 aromatic rings. The van der Waals surface area contributed by atoms with E-state index >= 15 is 0 Å². The maximum atomic E-state index is 11.4. The average Bonchev–Trinajstić information content (AvgIpc) is 2.84. The number of carboxylic acids is 1. The van der Waals surface area contributed by atoms with E-state index in [4.69, 9.17) is 5.11 Å². The summed E-state index contributed by atoms with van der Waals surface area (Å²) in [5.74, 6) is -1.02. The number of hydrogen-bond donors (Lipinski definition) is 3. The Morgan fingerprint density at radius 3 is 2.83 bits per heavy atom. The highest BCUT2D eigenvalue weighted by Crippen LogP contribution is 1.91. The van der Waals surface area contributed by atoms with Crippen molar-refractivity contribution >= 4 is 12.0 Å². The Labute approximate surface area is 105 Å². The van der Waals surface area contributed by atoms with E-state index in [0.717, 1.165) is 13.0 Å². The Bertz CT molecular complexity index is 378. The molecule has 3 N–H and O–H groups in total. The second kappa shape index (κ2) is 7.31. The van der Waals surface area contributed by atoms with Crippen molar-refractivity contribution < 1.29 is 14.7 Å². The van der Waals surface area contributed by atoms with Crippen LogP contribution in [0.3, 0.4) is 0 Å². The molecule has 1 heterocycles. The first kappa shape index (κ1) is 14.0. The Balaban J connectivity index is 2.15. The van der Waals surface area contributed by atoms with E-state index < -0.39 is 18.0 Å². The topological polar surface area (TPSA) is 96.3 Å². The van der Waals surface area contributed by atoms with Gasteiger partial charge in [-0.1, -0.05) is 6.92 Å². The fraction of sp³-hybridized carbons (Fsp3) is 0.545. The first-order valence-corrected chi connectivity index (χ1v) is 5.86. The van der Waals surface area contributed by atoms with Crippen LogP contribution in [0.1, 0.15) is 19.8 Å². The van der Waals surface area contributed by atoms with Crippen molar-refractivity contribution in [1.82, 2.24) is 20.2 Å². The van der Waals surface area contributed by atoms with Crippen molar-refractivity contribution in [1.29, 1.82) is 0 Å². The molecule has 0 aliphatic heterocycles. The van der Waals surface area contributed by atoms with Gasteiger partial charge in [0.2, 0.25) is 0 Å². The number of aryl methyl sites for hydroxylation is 1. The number of aromatic nitrogens is 2. The van der Waals surface area contributed by atoms with Gasteiger partial charge in [0, 0.05) is 25.5 Å². The number of hydrogen-bond acceptors (Lipinski definition) is 3. The Hall–Kier alpha value is -2.05. The predicted molar refractivity (Wildman–Crippen MR) is 65.1 cm³/mol. The van der Waals surface area contributed by atoms with Crippen LogP contribution in [0.15, 0.2) is 18.7 Å². The number of carboxylic acid groups (broad SMARTS) is 1. The van der Waals surface area contributed by atoms with Gasteiger partial charge < -0.3 is 20.3 Å². The third-order valence-electron chi connectivity index (χ3n) is 2.45. The summed E-state index contributed by atoms with van der Waals surface area (Å²) in [6.07, 6.45) is 6.36. The molecule has 1 atom stereocenters. The molecule has 2 amide bonds. The number of urea groups is 1. The summed E-state index contributed by atoms with van der Waals surface area (Å²) in [5, 5.41) is 13.8. The van der Waals surface area contributed by atoms with Crippen LogP contribution >= 0.6 is 0 Å². The zero-order valence-electron chi connectivity index (χ0n) is 10.3. The molecule has 1 unspecified atom stereocenters. The molecule has 0 radical (unpaired) electrons. The zero-order valence-corrected chi connectivity index (χ0v) is 10.3. The maximum Gasteiger partial charge on any atom is 0.326 e. The molecular weight excluding hydrogens is 236 g/mol. The molecule has 18 heavy (non-hydrogen) atoms. The van der Waals surface area contributed by atoms with E-state index in [1.807, 2.05) is 10.8 Å². The van der Waals surface area contributed by atoms with E-state index in [-0.39, 0.29) is 0 Å². The van der Waals surface area contributed by atoms with Crippen molar-refractivity contribution in [3.05, 3.63) is 18.7 Å². The number of nitrogens with one attached hydrogen (secondary N) is 2. The first-order chi connectivity index (χ1) is 8.63. The van der Waals surface area contributed by atoms with Crippen LogP contribution in [-0.2, 0) is 11.3 Å². The molecule has 100 valence electrons. The lowest BCUT2D eigenvalue weighted by molar-refractivity contribution is -0.139. The minimum atomic E-state index is -1.02. The molecular formula is C11H18N4O3. The lowest BCUT2D eigenvalue weighted by Gasteiger charge is -2.13. The van der Waals surface area contributed by atoms with Crippen LogP contribution in [0.4, 0.5) is 4.79 Å². The van der Waals surface area contributed by atoms with E-state index in [9.17, 15) is 9.59 Å². The monoisotopic (exact) mass is 254 g/mol. The summed E-state index contributed by atoms with van der Waals surface area (Å²) in [7, 11) is 0. The van der Waals surface area contributed by atoms with Crippen molar-refractivity contribution in [2.24, 2.45) is 0 Å². The summed E-state index contributed by atoms with van der Waals surface area (Å²) in [6.45, 7) is 2.95. The Morgan fingerprint density at radius 2 is 2.28 bits per heavy atom. The summed E-state index contributed by atoms with van der Waals surface area (Å²) in [6, 6.07) is -1.28. The van der Waals surface area contributed by atoms with Crippen LogP contribution in [-0.4, -0.2) is 39.2 Å². The normalized spacial score (nSPS) is 11.8.